The van der Waals surface area contributed by atoms with E-state index >= 15 is 0 Å². The van der Waals surface area contributed by atoms with Gasteiger partial charge in [0.2, 0.25) is 0 Å². The first-order valence-corrected chi connectivity index (χ1v) is 7.73. The number of halogens is 1. The predicted octanol–water partition coefficient (Wildman–Crippen LogP) is 1.21. The van der Waals surface area contributed by atoms with Crippen LogP contribution in [0.15, 0.2) is 15.5 Å². The second-order valence-electron chi connectivity index (χ2n) is 4.90. The fourth-order valence-electron chi connectivity index (χ4n) is 1.83. The van der Waals surface area contributed by atoms with Crippen LogP contribution in [0.3, 0.4) is 0 Å². The van der Waals surface area contributed by atoms with Crippen molar-refractivity contribution >= 4 is 21.6 Å². The fraction of sp³-hybridized carbons (Fsp3) is 0.692. The first kappa shape index (κ1) is 15.5. The Kier molecular flexibility index (Phi) is 6.00. The molecule has 2 N–H and O–H groups in total. The Balaban J connectivity index is 1.81. The molecule has 112 valence electrons. The molecule has 0 amide bonds. The molecule has 1 heterocycles. The van der Waals surface area contributed by atoms with E-state index < -0.39 is 0 Å². The van der Waals surface area contributed by atoms with Crippen LogP contribution < -0.4 is 16.2 Å². The molecule has 1 aliphatic rings. The van der Waals surface area contributed by atoms with Crippen LogP contribution in [0, 0.1) is 0 Å². The summed E-state index contributed by atoms with van der Waals surface area (Å²) in [6, 6.07) is 0.744. The Morgan fingerprint density at radius 3 is 3.00 bits per heavy atom. The molecule has 1 aromatic heterocycles. The van der Waals surface area contributed by atoms with Crippen LogP contribution >= 0.6 is 15.9 Å². The predicted molar refractivity (Wildman–Crippen MR) is 82.2 cm³/mol. The van der Waals surface area contributed by atoms with E-state index in [2.05, 4.69) is 31.7 Å². The van der Waals surface area contributed by atoms with E-state index in [0.717, 1.165) is 31.2 Å². The van der Waals surface area contributed by atoms with Gasteiger partial charge in [-0.1, -0.05) is 0 Å². The fourth-order valence-corrected chi connectivity index (χ4v) is 2.28. The average molecular weight is 345 g/mol. The Morgan fingerprint density at radius 2 is 2.30 bits per heavy atom. The van der Waals surface area contributed by atoms with Crippen molar-refractivity contribution in [2.75, 3.05) is 32.1 Å². The number of methoxy groups -OCH3 is 1. The monoisotopic (exact) mass is 344 g/mol. The lowest BCUT2D eigenvalue weighted by Gasteiger charge is -2.10. The van der Waals surface area contributed by atoms with E-state index in [1.807, 2.05) is 0 Å². The number of hydrogen-bond acceptors (Lipinski definition) is 5. The van der Waals surface area contributed by atoms with Crippen LogP contribution in [-0.2, 0) is 11.3 Å². The first-order valence-electron chi connectivity index (χ1n) is 6.94. The lowest BCUT2D eigenvalue weighted by atomic mass is 10.4. The van der Waals surface area contributed by atoms with Crippen LogP contribution in [-0.4, -0.2) is 42.6 Å². The van der Waals surface area contributed by atoms with Crippen LogP contribution in [0.2, 0.25) is 0 Å². The molecule has 0 spiro atoms. The van der Waals surface area contributed by atoms with Crippen molar-refractivity contribution in [1.82, 2.24) is 15.1 Å². The van der Waals surface area contributed by atoms with Gasteiger partial charge in [-0.05, 0) is 41.7 Å². The highest BCUT2D eigenvalue weighted by molar-refractivity contribution is 9.10. The maximum Gasteiger partial charge on any atom is 0.283 e. The Hall–Kier alpha value is -0.920. The number of hydrogen-bond donors (Lipinski definition) is 2. The standard InChI is InChI=1S/C13H21BrN4O2/c1-20-8-7-18-13(19)12(14)11(9-17-18)16-6-2-5-15-10-3-4-10/h9-10,15-16H,2-8H2,1H3. The second kappa shape index (κ2) is 7.75. The summed E-state index contributed by atoms with van der Waals surface area (Å²) in [5.41, 5.74) is 0.609. The molecule has 7 heteroatoms. The van der Waals surface area contributed by atoms with Crippen LogP contribution in [0.1, 0.15) is 19.3 Å². The minimum Gasteiger partial charge on any atom is -0.383 e. The SMILES string of the molecule is COCCn1ncc(NCCCNC2CC2)c(Br)c1=O. The van der Waals surface area contributed by atoms with Gasteiger partial charge in [0.15, 0.2) is 0 Å². The van der Waals surface area contributed by atoms with Crippen molar-refractivity contribution in [3.8, 4) is 0 Å². The Morgan fingerprint density at radius 1 is 1.50 bits per heavy atom. The number of nitrogens with one attached hydrogen (secondary N) is 2. The number of nitrogens with zero attached hydrogens (tertiary/aromatic N) is 2. The molecule has 1 saturated carbocycles. The highest BCUT2D eigenvalue weighted by Gasteiger charge is 2.19. The molecular weight excluding hydrogens is 324 g/mol. The zero-order chi connectivity index (χ0) is 14.4. The topological polar surface area (TPSA) is 68.2 Å². The number of anilines is 1. The third-order valence-electron chi connectivity index (χ3n) is 3.17. The third kappa shape index (κ3) is 4.57. The lowest BCUT2D eigenvalue weighted by Crippen LogP contribution is -2.26. The molecule has 1 fully saturated rings. The van der Waals surface area contributed by atoms with Crippen molar-refractivity contribution in [3.63, 3.8) is 0 Å². The van der Waals surface area contributed by atoms with Gasteiger partial charge in [-0.3, -0.25) is 4.79 Å². The van der Waals surface area contributed by atoms with Gasteiger partial charge in [0.25, 0.3) is 5.56 Å². The van der Waals surface area contributed by atoms with Crippen LogP contribution in [0.4, 0.5) is 5.69 Å². The largest absolute Gasteiger partial charge is 0.383 e. The van der Waals surface area contributed by atoms with Gasteiger partial charge in [0.05, 0.1) is 25.0 Å². The summed E-state index contributed by atoms with van der Waals surface area (Å²) in [6.45, 7) is 2.76. The maximum atomic E-state index is 12.0. The second-order valence-corrected chi connectivity index (χ2v) is 5.70. The first-order chi connectivity index (χ1) is 9.72. The summed E-state index contributed by atoms with van der Waals surface area (Å²) >= 11 is 3.33. The van der Waals surface area contributed by atoms with E-state index in [0.29, 0.717) is 17.6 Å². The number of aromatic nitrogens is 2. The molecule has 2 rings (SSSR count). The van der Waals surface area contributed by atoms with Gasteiger partial charge in [0, 0.05) is 19.7 Å². The summed E-state index contributed by atoms with van der Waals surface area (Å²) < 4.78 is 6.87. The molecule has 0 saturated heterocycles. The van der Waals surface area contributed by atoms with Crippen LogP contribution in [0.5, 0.6) is 0 Å². The number of ether oxygens (including phenoxy) is 1. The van der Waals surface area contributed by atoms with Crippen molar-refractivity contribution in [2.24, 2.45) is 0 Å². The Labute approximate surface area is 127 Å². The minimum atomic E-state index is -0.136. The molecule has 0 atom stereocenters. The van der Waals surface area contributed by atoms with E-state index in [4.69, 9.17) is 4.74 Å². The molecule has 1 aromatic rings. The van der Waals surface area contributed by atoms with Crippen molar-refractivity contribution in [2.45, 2.75) is 31.8 Å². The van der Waals surface area contributed by atoms with E-state index in [-0.39, 0.29) is 5.56 Å². The third-order valence-corrected chi connectivity index (χ3v) is 3.94. The summed E-state index contributed by atoms with van der Waals surface area (Å²) in [6.07, 6.45) is 5.32. The normalized spacial score (nSPS) is 14.5. The molecule has 0 radical (unpaired) electrons. The highest BCUT2D eigenvalue weighted by atomic mass is 79.9. The van der Waals surface area contributed by atoms with Gasteiger partial charge in [-0.25, -0.2) is 4.68 Å². The van der Waals surface area contributed by atoms with E-state index in [1.54, 1.807) is 13.3 Å². The molecule has 20 heavy (non-hydrogen) atoms. The molecule has 0 unspecified atom stereocenters. The van der Waals surface area contributed by atoms with Gasteiger partial charge >= 0.3 is 0 Å². The van der Waals surface area contributed by atoms with Gasteiger partial charge in [-0.15, -0.1) is 0 Å². The van der Waals surface area contributed by atoms with Crippen molar-refractivity contribution in [3.05, 3.63) is 21.0 Å². The molecule has 0 aromatic carbocycles. The van der Waals surface area contributed by atoms with E-state index in [9.17, 15) is 4.79 Å². The number of rotatable bonds is 9. The smallest absolute Gasteiger partial charge is 0.283 e. The zero-order valence-corrected chi connectivity index (χ0v) is 13.3. The molecule has 6 nitrogen and oxygen atoms in total. The molecule has 1 aliphatic carbocycles. The Bertz CT molecular complexity index is 488. The summed E-state index contributed by atoms with van der Waals surface area (Å²) in [5, 5.41) is 10.8. The van der Waals surface area contributed by atoms with Crippen LogP contribution in [0.25, 0.3) is 0 Å². The minimum absolute atomic E-state index is 0.136. The molecule has 0 bridgehead atoms. The summed E-state index contributed by atoms with van der Waals surface area (Å²) in [7, 11) is 1.60. The summed E-state index contributed by atoms with van der Waals surface area (Å²) in [4.78, 5) is 12.0. The maximum absolute atomic E-state index is 12.0. The zero-order valence-electron chi connectivity index (χ0n) is 11.7. The lowest BCUT2D eigenvalue weighted by molar-refractivity contribution is 0.181. The van der Waals surface area contributed by atoms with E-state index in [1.165, 1.54) is 17.5 Å². The average Bonchev–Trinajstić information content (AvgIpc) is 3.26. The highest BCUT2D eigenvalue weighted by Crippen LogP contribution is 2.18. The summed E-state index contributed by atoms with van der Waals surface area (Å²) in [5.74, 6) is 0. The van der Waals surface area contributed by atoms with Crippen molar-refractivity contribution < 1.29 is 4.74 Å². The van der Waals surface area contributed by atoms with Crippen molar-refractivity contribution in [1.29, 1.82) is 0 Å². The van der Waals surface area contributed by atoms with Gasteiger partial charge < -0.3 is 15.4 Å². The quantitative estimate of drug-likeness (QED) is 0.659. The molecule has 0 aliphatic heterocycles. The molecular formula is C13H21BrN4O2. The van der Waals surface area contributed by atoms with Gasteiger partial charge in [0.1, 0.15) is 4.47 Å². The van der Waals surface area contributed by atoms with Gasteiger partial charge in [-0.2, -0.15) is 5.10 Å².